The second-order valence-corrected chi connectivity index (χ2v) is 26.1. The van der Waals surface area contributed by atoms with E-state index in [0.717, 1.165) is 93.1 Å². The van der Waals surface area contributed by atoms with Crippen LogP contribution in [0.15, 0.2) is 0 Å². The predicted octanol–water partition coefficient (Wildman–Crippen LogP) is -9.96. The number of carbonyl (C=O) groups excluding carboxylic acids is 20. The number of likely N-dealkylation sites (N-methyl/N-ethyl adjacent to an activating group) is 20. The number of hydrogen-bond donors (Lipinski definition) is 1. The van der Waals surface area contributed by atoms with E-state index >= 15 is 0 Å². The standard InChI is InChI=1S/C64H108N20O22/c1-22-23-44(85)65(2)24-45(86)66(3)25-46(87)67(4)26-47(88)68(5)27-48(89)69(6)28-49(90)70(7)29-50(91)71(8)30-51(92)72(9)31-52(93)73(10)32-53(94)74(11)33-54(95)75(12)34-55(96)76(13)35-56(97)77(14)36-57(98)78(15)37-58(99)79(16)38-59(100)80(17)39-60(101)81(18)40-61(102)82(19)41-62(103)83(20)42-63(104)84(21)43-64(105)106/h22-43H2,1-21H3,(H,105,106). The summed E-state index contributed by atoms with van der Waals surface area (Å²) in [4.78, 5) is 290. The van der Waals surface area contributed by atoms with Crippen LogP contribution in [0.5, 0.6) is 0 Å². The smallest absolute Gasteiger partial charge is 0.323 e. The lowest BCUT2D eigenvalue weighted by Gasteiger charge is -2.28. The van der Waals surface area contributed by atoms with Gasteiger partial charge in [-0.15, -0.1) is 0 Å². The summed E-state index contributed by atoms with van der Waals surface area (Å²) in [5, 5.41) is 8.88. The van der Waals surface area contributed by atoms with Crippen LogP contribution in [0.4, 0.5) is 0 Å². The molecule has 0 heterocycles. The van der Waals surface area contributed by atoms with Crippen molar-refractivity contribution in [2.24, 2.45) is 0 Å². The average Bonchev–Trinajstić information content (AvgIpc) is 0.973. The number of hydrogen-bond acceptors (Lipinski definition) is 21. The highest BCUT2D eigenvalue weighted by molar-refractivity contribution is 5.97. The Kier molecular flexibility index (Phi) is 40.4. The van der Waals surface area contributed by atoms with Crippen molar-refractivity contribution in [1.82, 2.24) is 98.0 Å². The molecule has 42 nitrogen and oxygen atoms in total. The lowest BCUT2D eigenvalue weighted by Crippen LogP contribution is -2.50. The number of aliphatic carboxylic acids is 1. The molecule has 0 fully saturated rings. The predicted molar refractivity (Wildman–Crippen MR) is 375 cm³/mol. The zero-order valence-corrected chi connectivity index (χ0v) is 65.0. The monoisotopic (exact) mass is 1510 g/mol. The normalized spacial score (nSPS) is 10.5. The van der Waals surface area contributed by atoms with Gasteiger partial charge in [-0.25, -0.2) is 0 Å². The van der Waals surface area contributed by atoms with E-state index in [1.54, 1.807) is 0 Å². The van der Waals surface area contributed by atoms with Crippen LogP contribution in [0.1, 0.15) is 19.8 Å². The fraction of sp³-hybridized carbons (Fsp3) is 0.672. The first kappa shape index (κ1) is 94.9. The van der Waals surface area contributed by atoms with Crippen LogP contribution in [0.2, 0.25) is 0 Å². The summed E-state index contributed by atoms with van der Waals surface area (Å²) in [6, 6.07) is 0. The third kappa shape index (κ3) is 34.0. The van der Waals surface area contributed by atoms with E-state index in [4.69, 9.17) is 5.11 Å². The molecule has 20 amide bonds. The van der Waals surface area contributed by atoms with E-state index in [0.29, 0.717) is 6.42 Å². The van der Waals surface area contributed by atoms with Gasteiger partial charge in [-0.2, -0.15) is 0 Å². The van der Waals surface area contributed by atoms with Gasteiger partial charge in [0.05, 0.1) is 124 Å². The van der Waals surface area contributed by atoms with Crippen LogP contribution in [0.3, 0.4) is 0 Å². The van der Waals surface area contributed by atoms with Crippen LogP contribution in [-0.4, -0.2) is 499 Å². The van der Waals surface area contributed by atoms with Crippen molar-refractivity contribution in [2.45, 2.75) is 19.8 Å². The minimum absolute atomic E-state index is 0.224. The van der Waals surface area contributed by atoms with Crippen LogP contribution in [-0.2, 0) is 101 Å². The zero-order valence-electron chi connectivity index (χ0n) is 65.0. The fourth-order valence-electron chi connectivity index (χ4n) is 8.52. The molecule has 0 aliphatic carbocycles. The van der Waals surface area contributed by atoms with E-state index in [9.17, 15) is 101 Å². The van der Waals surface area contributed by atoms with Gasteiger partial charge < -0.3 is 103 Å². The molecule has 0 saturated heterocycles. The molecule has 0 spiro atoms. The Morgan fingerprint density at radius 3 is 0.302 bits per heavy atom. The second-order valence-electron chi connectivity index (χ2n) is 26.1. The summed E-state index contributed by atoms with van der Waals surface area (Å²) in [5.74, 6) is -14.1. The molecule has 106 heavy (non-hydrogen) atoms. The molecular formula is C64H108N20O22. The number of amides is 20. The van der Waals surface area contributed by atoms with Gasteiger partial charge in [0.15, 0.2) is 0 Å². The van der Waals surface area contributed by atoms with E-state index in [-0.39, 0.29) is 25.4 Å². The van der Waals surface area contributed by atoms with Crippen LogP contribution >= 0.6 is 0 Å². The third-order valence-electron chi connectivity index (χ3n) is 16.4. The van der Waals surface area contributed by atoms with Gasteiger partial charge in [0.25, 0.3) is 0 Å². The number of carboxylic acid groups (broad SMARTS) is 1. The van der Waals surface area contributed by atoms with Crippen molar-refractivity contribution in [2.75, 3.05) is 272 Å². The van der Waals surface area contributed by atoms with E-state index in [1.165, 1.54) is 146 Å². The molecule has 42 heteroatoms. The lowest BCUT2D eigenvalue weighted by molar-refractivity contribution is -0.147. The Balaban J connectivity index is 5.04. The number of carbonyl (C=O) groups is 21. The quantitative estimate of drug-likeness (QED) is 0.0593. The van der Waals surface area contributed by atoms with Crippen molar-refractivity contribution >= 4 is 124 Å². The number of carboxylic acids is 1. The highest BCUT2D eigenvalue weighted by Gasteiger charge is 2.31. The van der Waals surface area contributed by atoms with Crippen molar-refractivity contribution < 1.29 is 106 Å². The van der Waals surface area contributed by atoms with Gasteiger partial charge in [0.1, 0.15) is 6.54 Å². The molecule has 0 rings (SSSR count). The number of nitrogens with zero attached hydrogens (tertiary/aromatic N) is 20. The molecule has 1 N–H and O–H groups in total. The lowest BCUT2D eigenvalue weighted by atomic mass is 10.3. The Hall–Kier alpha value is -11.1. The summed E-state index contributed by atoms with van der Waals surface area (Å²) >= 11 is 0. The van der Waals surface area contributed by atoms with Crippen LogP contribution < -0.4 is 0 Å². The van der Waals surface area contributed by atoms with Gasteiger partial charge in [0.2, 0.25) is 118 Å². The molecule has 0 atom stereocenters. The molecule has 0 radical (unpaired) electrons. The molecule has 0 aromatic heterocycles. The topological polar surface area (TPSA) is 444 Å². The molecule has 0 aromatic carbocycles. The Morgan fingerprint density at radius 1 is 0.151 bits per heavy atom. The molecule has 596 valence electrons. The Labute approximate surface area is 617 Å². The summed E-state index contributed by atoms with van der Waals surface area (Å²) in [5.41, 5.74) is 0. The molecular weight excluding hydrogens is 1400 g/mol. The van der Waals surface area contributed by atoms with Crippen LogP contribution in [0.25, 0.3) is 0 Å². The molecule has 0 saturated carbocycles. The first-order valence-electron chi connectivity index (χ1n) is 32.9. The molecule has 0 aromatic rings. The molecule has 0 aliphatic rings. The Morgan fingerprint density at radius 2 is 0.226 bits per heavy atom. The van der Waals surface area contributed by atoms with E-state index in [1.807, 2.05) is 6.92 Å². The van der Waals surface area contributed by atoms with E-state index in [2.05, 4.69) is 0 Å². The zero-order chi connectivity index (χ0) is 82.2. The molecule has 0 bridgehead atoms. The first-order valence-corrected chi connectivity index (χ1v) is 32.9. The second kappa shape index (κ2) is 45.2. The van der Waals surface area contributed by atoms with Crippen molar-refractivity contribution in [1.29, 1.82) is 0 Å². The molecule has 0 aliphatic heterocycles. The minimum Gasteiger partial charge on any atom is -0.480 e. The minimum atomic E-state index is -1.25. The van der Waals surface area contributed by atoms with Crippen molar-refractivity contribution in [3.63, 3.8) is 0 Å². The SMILES string of the molecule is CCCC(=O)N(C)CC(=O)N(C)CC(=O)N(C)CC(=O)N(C)CC(=O)N(C)CC(=O)N(C)CC(=O)N(C)CC(=O)N(C)CC(=O)N(C)CC(=O)N(C)CC(=O)N(C)CC(=O)N(C)CC(=O)N(C)CC(=O)N(C)CC(=O)N(C)CC(=O)N(C)CC(=O)N(C)CC(=O)N(C)CC(=O)N(C)CC(=O)N(C)CC(=O)O. The summed E-state index contributed by atoms with van der Waals surface area (Å²) < 4.78 is 0. The third-order valence-corrected chi connectivity index (χ3v) is 16.4. The maximum absolute atomic E-state index is 13.1. The van der Waals surface area contributed by atoms with Gasteiger partial charge >= 0.3 is 5.97 Å². The maximum Gasteiger partial charge on any atom is 0.323 e. The summed E-state index contributed by atoms with van der Waals surface area (Å²) in [7, 11) is 26.0. The van der Waals surface area contributed by atoms with Gasteiger partial charge in [0, 0.05) is 147 Å². The maximum atomic E-state index is 13.1. The summed E-state index contributed by atoms with van der Waals surface area (Å²) in [6.07, 6.45) is 0.866. The largest absolute Gasteiger partial charge is 0.480 e. The van der Waals surface area contributed by atoms with E-state index < -0.39 is 236 Å². The number of rotatable bonds is 42. The average molecular weight is 1510 g/mol. The molecule has 0 unspecified atom stereocenters. The van der Waals surface area contributed by atoms with Gasteiger partial charge in [-0.3, -0.25) is 101 Å². The van der Waals surface area contributed by atoms with Crippen molar-refractivity contribution in [3.8, 4) is 0 Å². The first-order chi connectivity index (χ1) is 48.9. The summed E-state index contributed by atoms with van der Waals surface area (Å²) in [6.45, 7) is -8.11. The fourth-order valence-corrected chi connectivity index (χ4v) is 8.52. The highest BCUT2D eigenvalue weighted by atomic mass is 16.4. The van der Waals surface area contributed by atoms with Crippen LogP contribution in [0, 0.1) is 0 Å². The van der Waals surface area contributed by atoms with Crippen molar-refractivity contribution in [3.05, 3.63) is 0 Å². The Bertz CT molecular complexity index is 3260. The highest BCUT2D eigenvalue weighted by Crippen LogP contribution is 2.06. The van der Waals surface area contributed by atoms with Gasteiger partial charge in [-0.05, 0) is 6.42 Å². The van der Waals surface area contributed by atoms with Gasteiger partial charge in [-0.1, -0.05) is 6.92 Å².